The van der Waals surface area contributed by atoms with Crippen LogP contribution in [-0.4, -0.2) is 27.2 Å². The van der Waals surface area contributed by atoms with Crippen LogP contribution < -0.4 is 5.32 Å². The van der Waals surface area contributed by atoms with Crippen LogP contribution in [0, 0.1) is 0 Å². The topological polar surface area (TPSA) is 49.3 Å². The number of thiocarbonyl (C=S) groups is 1. The van der Waals surface area contributed by atoms with Gasteiger partial charge in [0.2, 0.25) is 0 Å². The van der Waals surface area contributed by atoms with Crippen LogP contribution in [0.4, 0.5) is 0 Å². The summed E-state index contributed by atoms with van der Waals surface area (Å²) < 4.78 is 0.714. The van der Waals surface area contributed by atoms with Gasteiger partial charge >= 0.3 is 5.97 Å². The van der Waals surface area contributed by atoms with Crippen molar-refractivity contribution in [3.05, 3.63) is 0 Å². The molecule has 0 aromatic rings. The van der Waals surface area contributed by atoms with Crippen molar-refractivity contribution < 1.29 is 9.90 Å². The average molecular weight is 177 g/mol. The number of carboxylic acid groups (broad SMARTS) is 1. The number of carboxylic acids is 1. The van der Waals surface area contributed by atoms with E-state index in [4.69, 9.17) is 17.3 Å². The molecule has 0 saturated carbocycles. The SMILES string of the molecule is O=C(O)CC1CSC(=S)N1. The minimum absolute atomic E-state index is 0.0370. The van der Waals surface area contributed by atoms with Crippen molar-refractivity contribution in [3.63, 3.8) is 0 Å². The van der Waals surface area contributed by atoms with Crippen molar-refractivity contribution in [1.82, 2.24) is 5.32 Å². The van der Waals surface area contributed by atoms with E-state index in [0.717, 1.165) is 5.75 Å². The van der Waals surface area contributed by atoms with Gasteiger partial charge in [-0.05, 0) is 0 Å². The molecule has 1 rings (SSSR count). The molecule has 0 aliphatic carbocycles. The van der Waals surface area contributed by atoms with Gasteiger partial charge in [0.1, 0.15) is 4.32 Å². The molecule has 0 bridgehead atoms. The second-order valence-corrected chi connectivity index (χ2v) is 3.73. The number of rotatable bonds is 2. The number of carbonyl (C=O) groups is 1. The molecule has 1 aliphatic heterocycles. The quantitative estimate of drug-likeness (QED) is 0.600. The minimum Gasteiger partial charge on any atom is -0.481 e. The number of aliphatic carboxylic acids is 1. The second kappa shape index (κ2) is 3.21. The van der Waals surface area contributed by atoms with E-state index in [1.54, 1.807) is 0 Å². The first-order valence-corrected chi connectivity index (χ1v) is 4.23. The van der Waals surface area contributed by atoms with Crippen molar-refractivity contribution in [2.75, 3.05) is 5.75 Å². The standard InChI is InChI=1S/C5H7NO2S2/c7-4(8)1-3-2-10-5(9)6-3/h3H,1-2H2,(H,6,9)(H,7,8). The first-order chi connectivity index (χ1) is 4.68. The molecule has 1 saturated heterocycles. The molecule has 10 heavy (non-hydrogen) atoms. The summed E-state index contributed by atoms with van der Waals surface area (Å²) in [6, 6.07) is 0.0370. The van der Waals surface area contributed by atoms with Crippen LogP contribution >= 0.6 is 24.0 Å². The van der Waals surface area contributed by atoms with E-state index in [2.05, 4.69) is 5.32 Å². The monoisotopic (exact) mass is 177 g/mol. The fourth-order valence-corrected chi connectivity index (χ4v) is 1.92. The van der Waals surface area contributed by atoms with Gasteiger partial charge in [0.15, 0.2) is 0 Å². The van der Waals surface area contributed by atoms with Gasteiger partial charge in [0, 0.05) is 11.8 Å². The summed E-state index contributed by atoms with van der Waals surface area (Å²) in [7, 11) is 0. The van der Waals surface area contributed by atoms with Gasteiger partial charge in [0.25, 0.3) is 0 Å². The summed E-state index contributed by atoms with van der Waals surface area (Å²) >= 11 is 6.31. The summed E-state index contributed by atoms with van der Waals surface area (Å²) in [5.74, 6) is 0.00769. The van der Waals surface area contributed by atoms with E-state index in [9.17, 15) is 4.79 Å². The normalized spacial score (nSPS) is 24.4. The Bertz CT molecular complexity index is 171. The van der Waals surface area contributed by atoms with Crippen LogP contribution in [-0.2, 0) is 4.79 Å². The summed E-state index contributed by atoms with van der Waals surface area (Å²) in [6.07, 6.45) is 0.160. The molecule has 0 spiro atoms. The van der Waals surface area contributed by atoms with E-state index < -0.39 is 5.97 Å². The predicted molar refractivity (Wildman–Crippen MR) is 44.2 cm³/mol. The van der Waals surface area contributed by atoms with Crippen LogP contribution in [0.5, 0.6) is 0 Å². The Morgan fingerprint density at radius 2 is 2.70 bits per heavy atom. The molecule has 0 aromatic heterocycles. The molecular weight excluding hydrogens is 170 g/mol. The minimum atomic E-state index is -0.775. The molecule has 1 atom stereocenters. The third kappa shape index (κ3) is 2.15. The first kappa shape index (κ1) is 7.81. The van der Waals surface area contributed by atoms with Crippen LogP contribution in [0.15, 0.2) is 0 Å². The molecule has 2 N–H and O–H groups in total. The number of hydrogen-bond donors (Lipinski definition) is 2. The molecule has 0 amide bonds. The van der Waals surface area contributed by atoms with Crippen LogP contribution in [0.3, 0.4) is 0 Å². The van der Waals surface area contributed by atoms with Crippen molar-refractivity contribution in [2.45, 2.75) is 12.5 Å². The Labute approximate surface area is 68.2 Å². The highest BCUT2D eigenvalue weighted by molar-refractivity contribution is 8.23. The third-order valence-electron chi connectivity index (χ3n) is 1.16. The maximum atomic E-state index is 10.2. The molecule has 56 valence electrons. The van der Waals surface area contributed by atoms with Gasteiger partial charge < -0.3 is 10.4 Å². The van der Waals surface area contributed by atoms with Crippen molar-refractivity contribution in [3.8, 4) is 0 Å². The summed E-state index contributed by atoms with van der Waals surface area (Å²) in [5.41, 5.74) is 0. The van der Waals surface area contributed by atoms with Gasteiger partial charge in [-0.3, -0.25) is 4.79 Å². The van der Waals surface area contributed by atoms with Gasteiger partial charge in [-0.15, -0.1) is 0 Å². The van der Waals surface area contributed by atoms with E-state index in [1.807, 2.05) is 0 Å². The van der Waals surface area contributed by atoms with Crippen LogP contribution in [0.25, 0.3) is 0 Å². The van der Waals surface area contributed by atoms with Crippen molar-refractivity contribution >= 4 is 34.3 Å². The Balaban J connectivity index is 2.31. The zero-order valence-corrected chi connectivity index (χ0v) is 6.80. The van der Waals surface area contributed by atoms with Gasteiger partial charge in [0.05, 0.1) is 6.42 Å². The lowest BCUT2D eigenvalue weighted by atomic mass is 10.2. The van der Waals surface area contributed by atoms with E-state index in [1.165, 1.54) is 11.8 Å². The maximum Gasteiger partial charge on any atom is 0.305 e. The molecule has 1 heterocycles. The van der Waals surface area contributed by atoms with E-state index in [0.29, 0.717) is 4.32 Å². The Morgan fingerprint density at radius 3 is 3.10 bits per heavy atom. The first-order valence-electron chi connectivity index (χ1n) is 2.83. The van der Waals surface area contributed by atoms with Gasteiger partial charge in [-0.1, -0.05) is 24.0 Å². The zero-order chi connectivity index (χ0) is 7.56. The number of thioether (sulfide) groups is 1. The summed E-state index contributed by atoms with van der Waals surface area (Å²) in [4.78, 5) is 10.2. The number of nitrogens with one attached hydrogen (secondary N) is 1. The Morgan fingerprint density at radius 1 is 2.00 bits per heavy atom. The molecular formula is C5H7NO2S2. The molecule has 0 radical (unpaired) electrons. The lowest BCUT2D eigenvalue weighted by Crippen LogP contribution is -2.28. The third-order valence-corrected chi connectivity index (χ3v) is 2.58. The Kier molecular flexibility index (Phi) is 2.50. The lowest BCUT2D eigenvalue weighted by Gasteiger charge is -2.03. The van der Waals surface area contributed by atoms with E-state index >= 15 is 0 Å². The van der Waals surface area contributed by atoms with Gasteiger partial charge in [-0.25, -0.2) is 0 Å². The summed E-state index contributed by atoms with van der Waals surface area (Å²) in [6.45, 7) is 0. The average Bonchev–Trinajstić information content (AvgIpc) is 2.13. The highest BCUT2D eigenvalue weighted by Gasteiger charge is 2.20. The highest BCUT2D eigenvalue weighted by atomic mass is 32.2. The van der Waals surface area contributed by atoms with Crippen molar-refractivity contribution in [1.29, 1.82) is 0 Å². The zero-order valence-electron chi connectivity index (χ0n) is 5.16. The summed E-state index contributed by atoms with van der Waals surface area (Å²) in [5, 5.41) is 11.3. The molecule has 1 unspecified atom stereocenters. The Hall–Kier alpha value is -0.290. The molecule has 3 nitrogen and oxygen atoms in total. The fraction of sp³-hybridized carbons (Fsp3) is 0.600. The van der Waals surface area contributed by atoms with Crippen molar-refractivity contribution in [2.24, 2.45) is 0 Å². The van der Waals surface area contributed by atoms with Crippen LogP contribution in [0.1, 0.15) is 6.42 Å². The van der Waals surface area contributed by atoms with Gasteiger partial charge in [-0.2, -0.15) is 0 Å². The molecule has 0 aromatic carbocycles. The van der Waals surface area contributed by atoms with E-state index in [-0.39, 0.29) is 12.5 Å². The largest absolute Gasteiger partial charge is 0.481 e. The molecule has 5 heteroatoms. The van der Waals surface area contributed by atoms with Crippen LogP contribution in [0.2, 0.25) is 0 Å². The number of hydrogen-bond acceptors (Lipinski definition) is 3. The molecule has 1 fully saturated rings. The highest BCUT2D eigenvalue weighted by Crippen LogP contribution is 2.15. The predicted octanol–water partition coefficient (Wildman–Crippen LogP) is 0.451. The fourth-order valence-electron chi connectivity index (χ4n) is 0.747. The lowest BCUT2D eigenvalue weighted by molar-refractivity contribution is -0.137. The smallest absolute Gasteiger partial charge is 0.305 e. The molecule has 1 aliphatic rings. The second-order valence-electron chi connectivity index (χ2n) is 2.04. The maximum absolute atomic E-state index is 10.2.